The molecule has 0 aliphatic carbocycles. The monoisotopic (exact) mass is 467 g/mol. The number of alkyl halides is 3. The SMILES string of the molecule is CCC(C(=O)Nc1cc(Cl)ccc1OC)n1c(=O)c(C(F)(F)F)nc2cc(C)c(C)cc21. The lowest BCUT2D eigenvalue weighted by atomic mass is 10.1. The number of nitrogens with zero attached hydrogens (tertiary/aromatic N) is 2. The lowest BCUT2D eigenvalue weighted by Crippen LogP contribution is -2.37. The molecule has 3 aromatic rings. The van der Waals surface area contributed by atoms with Crippen LogP contribution in [0.25, 0.3) is 11.0 Å². The predicted octanol–water partition coefficient (Wildman–Crippen LogP) is 5.28. The first-order chi connectivity index (χ1) is 15.0. The molecule has 0 bridgehead atoms. The minimum absolute atomic E-state index is 0.0217. The Balaban J connectivity index is 2.22. The number of nitrogens with one attached hydrogen (secondary N) is 1. The Morgan fingerprint density at radius 1 is 1.22 bits per heavy atom. The van der Waals surface area contributed by atoms with Gasteiger partial charge < -0.3 is 10.1 Å². The molecule has 0 saturated heterocycles. The average molecular weight is 468 g/mol. The van der Waals surface area contributed by atoms with E-state index in [1.165, 1.54) is 19.2 Å². The topological polar surface area (TPSA) is 73.2 Å². The summed E-state index contributed by atoms with van der Waals surface area (Å²) in [4.78, 5) is 29.7. The molecular weight excluding hydrogens is 447 g/mol. The van der Waals surface area contributed by atoms with Gasteiger partial charge in [-0.1, -0.05) is 18.5 Å². The van der Waals surface area contributed by atoms with Crippen molar-refractivity contribution in [3.8, 4) is 5.75 Å². The van der Waals surface area contributed by atoms with E-state index in [1.807, 2.05) is 0 Å². The minimum Gasteiger partial charge on any atom is -0.495 e. The van der Waals surface area contributed by atoms with Crippen molar-refractivity contribution in [1.82, 2.24) is 9.55 Å². The van der Waals surface area contributed by atoms with Crippen molar-refractivity contribution in [2.24, 2.45) is 0 Å². The maximum atomic E-state index is 13.6. The van der Waals surface area contributed by atoms with E-state index >= 15 is 0 Å². The Kier molecular flexibility index (Phi) is 6.50. The molecule has 2 aromatic carbocycles. The van der Waals surface area contributed by atoms with E-state index in [0.717, 1.165) is 10.1 Å². The van der Waals surface area contributed by atoms with E-state index in [1.54, 1.807) is 39.0 Å². The van der Waals surface area contributed by atoms with Crippen molar-refractivity contribution in [3.63, 3.8) is 0 Å². The van der Waals surface area contributed by atoms with Crippen molar-refractivity contribution in [1.29, 1.82) is 0 Å². The van der Waals surface area contributed by atoms with Gasteiger partial charge in [0.1, 0.15) is 11.8 Å². The third-order valence-corrected chi connectivity index (χ3v) is 5.43. The number of methoxy groups -OCH3 is 1. The lowest BCUT2D eigenvalue weighted by Gasteiger charge is -2.22. The first kappa shape index (κ1) is 23.6. The van der Waals surface area contributed by atoms with Crippen LogP contribution in [0.15, 0.2) is 35.1 Å². The second-order valence-corrected chi connectivity index (χ2v) is 7.75. The van der Waals surface area contributed by atoms with E-state index in [0.29, 0.717) is 16.3 Å². The molecule has 0 aliphatic rings. The highest BCUT2D eigenvalue weighted by molar-refractivity contribution is 6.31. The van der Waals surface area contributed by atoms with E-state index < -0.39 is 29.4 Å². The van der Waals surface area contributed by atoms with Crippen molar-refractivity contribution >= 4 is 34.2 Å². The van der Waals surface area contributed by atoms with Gasteiger partial charge in [0.15, 0.2) is 0 Å². The van der Waals surface area contributed by atoms with Gasteiger partial charge in [-0.3, -0.25) is 14.2 Å². The molecule has 1 aromatic heterocycles. The highest BCUT2D eigenvalue weighted by Crippen LogP contribution is 2.31. The number of amides is 1. The minimum atomic E-state index is -4.98. The number of aromatic nitrogens is 2. The third-order valence-electron chi connectivity index (χ3n) is 5.19. The van der Waals surface area contributed by atoms with Gasteiger partial charge in [0, 0.05) is 5.02 Å². The molecule has 1 N–H and O–H groups in total. The van der Waals surface area contributed by atoms with Gasteiger partial charge >= 0.3 is 6.18 Å². The van der Waals surface area contributed by atoms with Gasteiger partial charge in [0.25, 0.3) is 5.56 Å². The molecule has 0 saturated carbocycles. The summed E-state index contributed by atoms with van der Waals surface area (Å²) in [5, 5.41) is 2.94. The summed E-state index contributed by atoms with van der Waals surface area (Å²) in [6.07, 6.45) is -4.92. The quantitative estimate of drug-likeness (QED) is 0.553. The second-order valence-electron chi connectivity index (χ2n) is 7.32. The fraction of sp³-hybridized carbons (Fsp3) is 0.318. The summed E-state index contributed by atoms with van der Waals surface area (Å²) < 4.78 is 46.8. The summed E-state index contributed by atoms with van der Waals surface area (Å²) >= 11 is 6.00. The van der Waals surface area contributed by atoms with E-state index in [9.17, 15) is 22.8 Å². The zero-order valence-corrected chi connectivity index (χ0v) is 18.6. The zero-order valence-electron chi connectivity index (χ0n) is 17.8. The maximum absolute atomic E-state index is 13.6. The Morgan fingerprint density at radius 3 is 2.47 bits per heavy atom. The van der Waals surface area contributed by atoms with Crippen molar-refractivity contribution < 1.29 is 22.7 Å². The van der Waals surface area contributed by atoms with Gasteiger partial charge in [-0.2, -0.15) is 13.2 Å². The fourth-order valence-corrected chi connectivity index (χ4v) is 3.61. The van der Waals surface area contributed by atoms with Crippen LogP contribution in [-0.4, -0.2) is 22.6 Å². The summed E-state index contributed by atoms with van der Waals surface area (Å²) in [6.45, 7) is 5.10. The molecule has 0 radical (unpaired) electrons. The molecule has 10 heteroatoms. The summed E-state index contributed by atoms with van der Waals surface area (Å²) in [5.74, 6) is -0.374. The molecule has 32 heavy (non-hydrogen) atoms. The van der Waals surface area contributed by atoms with Crippen LogP contribution in [0, 0.1) is 13.8 Å². The lowest BCUT2D eigenvalue weighted by molar-refractivity contribution is -0.142. The number of benzene rings is 2. The highest BCUT2D eigenvalue weighted by Gasteiger charge is 2.39. The van der Waals surface area contributed by atoms with Crippen LogP contribution in [0.2, 0.25) is 5.02 Å². The number of carbonyl (C=O) groups is 1. The number of rotatable bonds is 5. The zero-order chi connectivity index (χ0) is 23.8. The van der Waals surface area contributed by atoms with Gasteiger partial charge in [0.05, 0.1) is 23.8 Å². The normalized spacial score (nSPS) is 12.6. The van der Waals surface area contributed by atoms with Crippen LogP contribution >= 0.6 is 11.6 Å². The van der Waals surface area contributed by atoms with Gasteiger partial charge in [-0.25, -0.2) is 4.98 Å². The number of anilines is 1. The van der Waals surface area contributed by atoms with Crippen molar-refractivity contribution in [3.05, 3.63) is 62.5 Å². The van der Waals surface area contributed by atoms with E-state index in [2.05, 4.69) is 10.3 Å². The standard InChI is InChI=1S/C22H21ClF3N3O3/c1-5-16(20(30)28-15-10-13(23)6-7-18(15)32-4)29-17-9-12(3)11(2)8-14(17)27-19(21(29)31)22(24,25)26/h6-10,16H,5H2,1-4H3,(H,28,30). The molecule has 6 nitrogen and oxygen atoms in total. The van der Waals surface area contributed by atoms with Crippen LogP contribution < -0.4 is 15.6 Å². The smallest absolute Gasteiger partial charge is 0.438 e. The molecule has 1 unspecified atom stereocenters. The van der Waals surface area contributed by atoms with Crippen LogP contribution in [0.4, 0.5) is 18.9 Å². The molecule has 0 aliphatic heterocycles. The predicted molar refractivity (Wildman–Crippen MR) is 116 cm³/mol. The van der Waals surface area contributed by atoms with Crippen molar-refractivity contribution in [2.75, 3.05) is 12.4 Å². The van der Waals surface area contributed by atoms with Crippen LogP contribution in [-0.2, 0) is 11.0 Å². The third kappa shape index (κ3) is 4.43. The number of ether oxygens (including phenoxy) is 1. The molecule has 0 fully saturated rings. The Bertz CT molecular complexity index is 1260. The molecule has 3 rings (SSSR count). The Labute approximate surface area is 187 Å². The van der Waals surface area contributed by atoms with Gasteiger partial charge in [-0.15, -0.1) is 0 Å². The number of carbonyl (C=O) groups excluding carboxylic acids is 1. The van der Waals surface area contributed by atoms with E-state index in [-0.39, 0.29) is 23.1 Å². The number of hydrogen-bond donors (Lipinski definition) is 1. The maximum Gasteiger partial charge on any atom is 0.438 e. The summed E-state index contributed by atoms with van der Waals surface area (Å²) in [5.41, 5.74) is -1.13. The molecular formula is C22H21ClF3N3O3. The second kappa shape index (κ2) is 8.82. The largest absolute Gasteiger partial charge is 0.495 e. The number of aryl methyl sites for hydroxylation is 2. The first-order valence-corrected chi connectivity index (χ1v) is 10.1. The number of hydrogen-bond acceptors (Lipinski definition) is 4. The number of halogens is 4. The Hall–Kier alpha value is -3.07. The van der Waals surface area contributed by atoms with Crippen LogP contribution in [0.1, 0.15) is 36.2 Å². The van der Waals surface area contributed by atoms with Crippen molar-refractivity contribution in [2.45, 2.75) is 39.4 Å². The van der Waals surface area contributed by atoms with Gasteiger partial charge in [0.2, 0.25) is 11.6 Å². The summed E-state index contributed by atoms with van der Waals surface area (Å²) in [7, 11) is 1.40. The van der Waals surface area contributed by atoms with Crippen LogP contribution in [0.3, 0.4) is 0 Å². The molecule has 0 spiro atoms. The average Bonchev–Trinajstić information content (AvgIpc) is 2.70. The molecule has 1 atom stereocenters. The molecule has 1 amide bonds. The number of fused-ring (bicyclic) bond motifs is 1. The van der Waals surface area contributed by atoms with Crippen LogP contribution in [0.5, 0.6) is 5.75 Å². The van der Waals surface area contributed by atoms with E-state index in [4.69, 9.17) is 16.3 Å². The first-order valence-electron chi connectivity index (χ1n) is 9.73. The van der Waals surface area contributed by atoms with Gasteiger partial charge in [-0.05, 0) is 61.7 Å². The molecule has 170 valence electrons. The highest BCUT2D eigenvalue weighted by atomic mass is 35.5. The Morgan fingerprint density at radius 2 is 1.88 bits per heavy atom. The summed E-state index contributed by atoms with van der Waals surface area (Å²) in [6, 6.07) is 6.36. The molecule has 1 heterocycles. The fourth-order valence-electron chi connectivity index (χ4n) is 3.43.